The molecular formula is C14H13NO3S2. The number of hydrogen-bond donors (Lipinski definition) is 1. The number of carbonyl (C=O) groups is 2. The van der Waals surface area contributed by atoms with E-state index >= 15 is 0 Å². The largest absolute Gasteiger partial charge is 0.481 e. The van der Waals surface area contributed by atoms with Crippen molar-refractivity contribution in [3.8, 4) is 0 Å². The lowest BCUT2D eigenvalue weighted by Gasteiger charge is -2.06. The van der Waals surface area contributed by atoms with Crippen molar-refractivity contribution >= 4 is 34.9 Å². The molecule has 0 radical (unpaired) electrons. The van der Waals surface area contributed by atoms with Gasteiger partial charge in [-0.2, -0.15) is 0 Å². The summed E-state index contributed by atoms with van der Waals surface area (Å²) in [5.41, 5.74) is 1.39. The molecule has 1 N–H and O–H groups in total. The van der Waals surface area contributed by atoms with Gasteiger partial charge in [0.25, 0.3) is 0 Å². The van der Waals surface area contributed by atoms with Gasteiger partial charge in [0.05, 0.1) is 10.8 Å². The highest BCUT2D eigenvalue weighted by atomic mass is 32.2. The van der Waals surface area contributed by atoms with Crippen LogP contribution in [0.5, 0.6) is 0 Å². The molecule has 0 fully saturated rings. The maximum Gasteiger partial charge on any atom is 0.312 e. The average molecular weight is 307 g/mol. The molecule has 2 aromatic heterocycles. The predicted molar refractivity (Wildman–Crippen MR) is 79.0 cm³/mol. The first-order valence-corrected chi connectivity index (χ1v) is 8.32. The van der Waals surface area contributed by atoms with Crippen molar-refractivity contribution in [2.24, 2.45) is 0 Å². The summed E-state index contributed by atoms with van der Waals surface area (Å²) in [4.78, 5) is 25.4. The fourth-order valence-electron chi connectivity index (χ4n) is 2.64. The SMILES string of the molecule is CSc1cc2n(c1C(=O)c1cccs1)CCC2C(=O)O. The lowest BCUT2D eigenvalue weighted by atomic mass is 10.1. The molecule has 2 aromatic rings. The normalized spacial score (nSPS) is 17.1. The standard InChI is InChI=1S/C14H13NO3S2/c1-19-11-7-9-8(14(17)18)4-5-15(9)12(11)13(16)10-3-2-6-20-10/h2-3,6-8H,4-5H2,1H3,(H,17,18). The van der Waals surface area contributed by atoms with Crippen LogP contribution in [0.25, 0.3) is 0 Å². The first-order valence-electron chi connectivity index (χ1n) is 6.22. The van der Waals surface area contributed by atoms with Gasteiger partial charge in [-0.25, -0.2) is 0 Å². The summed E-state index contributed by atoms with van der Waals surface area (Å²) >= 11 is 2.90. The summed E-state index contributed by atoms with van der Waals surface area (Å²) in [5, 5.41) is 11.1. The Bertz CT molecular complexity index is 673. The van der Waals surface area contributed by atoms with E-state index in [0.717, 1.165) is 10.6 Å². The number of nitrogens with zero attached hydrogens (tertiary/aromatic N) is 1. The summed E-state index contributed by atoms with van der Waals surface area (Å²) < 4.78 is 1.88. The van der Waals surface area contributed by atoms with Gasteiger partial charge in [-0.15, -0.1) is 23.1 Å². The van der Waals surface area contributed by atoms with Crippen LogP contribution < -0.4 is 0 Å². The van der Waals surface area contributed by atoms with Gasteiger partial charge in [-0.05, 0) is 30.2 Å². The Balaban J connectivity index is 2.10. The van der Waals surface area contributed by atoms with E-state index in [2.05, 4.69) is 0 Å². The molecule has 0 bridgehead atoms. The van der Waals surface area contributed by atoms with Gasteiger partial charge in [-0.1, -0.05) is 6.07 Å². The fraction of sp³-hybridized carbons (Fsp3) is 0.286. The van der Waals surface area contributed by atoms with Crippen LogP contribution in [0.4, 0.5) is 0 Å². The predicted octanol–water partition coefficient (Wildman–Crippen LogP) is 3.07. The van der Waals surface area contributed by atoms with Crippen LogP contribution in [0.15, 0.2) is 28.5 Å². The van der Waals surface area contributed by atoms with Gasteiger partial charge < -0.3 is 9.67 Å². The van der Waals surface area contributed by atoms with E-state index in [-0.39, 0.29) is 5.78 Å². The summed E-state index contributed by atoms with van der Waals surface area (Å²) in [6.07, 6.45) is 2.47. The highest BCUT2D eigenvalue weighted by Crippen LogP contribution is 2.37. The molecule has 20 heavy (non-hydrogen) atoms. The number of hydrogen-bond acceptors (Lipinski definition) is 4. The molecule has 1 aliphatic heterocycles. The van der Waals surface area contributed by atoms with E-state index in [1.54, 1.807) is 6.07 Å². The molecule has 6 heteroatoms. The number of fused-ring (bicyclic) bond motifs is 1. The second kappa shape index (κ2) is 5.10. The van der Waals surface area contributed by atoms with Gasteiger partial charge in [-0.3, -0.25) is 9.59 Å². The van der Waals surface area contributed by atoms with Crippen LogP contribution in [0, 0.1) is 0 Å². The van der Waals surface area contributed by atoms with Gasteiger partial charge >= 0.3 is 5.97 Å². The van der Waals surface area contributed by atoms with E-state index in [4.69, 9.17) is 0 Å². The first kappa shape index (κ1) is 13.5. The maximum absolute atomic E-state index is 12.6. The minimum absolute atomic E-state index is 0.0124. The molecule has 0 aromatic carbocycles. The lowest BCUT2D eigenvalue weighted by Crippen LogP contribution is -2.09. The van der Waals surface area contributed by atoms with Crippen LogP contribution in [0.1, 0.15) is 33.4 Å². The molecule has 1 aliphatic rings. The Morgan fingerprint density at radius 1 is 1.50 bits per heavy atom. The topological polar surface area (TPSA) is 59.3 Å². The number of aromatic nitrogens is 1. The monoisotopic (exact) mass is 307 g/mol. The fourth-order valence-corrected chi connectivity index (χ4v) is 3.94. The number of carboxylic acids is 1. The van der Waals surface area contributed by atoms with E-state index in [9.17, 15) is 14.7 Å². The van der Waals surface area contributed by atoms with Crippen molar-refractivity contribution in [1.82, 2.24) is 4.57 Å². The number of carboxylic acid groups (broad SMARTS) is 1. The Hall–Kier alpha value is -1.53. The van der Waals surface area contributed by atoms with E-state index in [1.165, 1.54) is 23.1 Å². The van der Waals surface area contributed by atoms with E-state index in [0.29, 0.717) is 23.5 Å². The second-order valence-corrected chi connectivity index (χ2v) is 6.42. The Kier molecular flexibility index (Phi) is 3.43. The van der Waals surface area contributed by atoms with Gasteiger partial charge in [0, 0.05) is 17.1 Å². The molecule has 0 amide bonds. The average Bonchev–Trinajstić information content (AvgIpc) is 3.12. The number of rotatable bonds is 4. The van der Waals surface area contributed by atoms with Gasteiger partial charge in [0.2, 0.25) is 5.78 Å². The molecule has 0 spiro atoms. The Morgan fingerprint density at radius 2 is 2.30 bits per heavy atom. The number of carbonyl (C=O) groups excluding carboxylic acids is 1. The minimum atomic E-state index is -0.816. The summed E-state index contributed by atoms with van der Waals surface area (Å²) in [7, 11) is 0. The zero-order valence-corrected chi connectivity index (χ0v) is 12.5. The third-order valence-electron chi connectivity index (χ3n) is 3.57. The van der Waals surface area contributed by atoms with Gasteiger partial charge in [0.1, 0.15) is 5.69 Å². The summed E-state index contributed by atoms with van der Waals surface area (Å²) in [6, 6.07) is 5.52. The number of aliphatic carboxylic acids is 1. The molecule has 3 rings (SSSR count). The minimum Gasteiger partial charge on any atom is -0.481 e. The molecule has 0 saturated carbocycles. The first-order chi connectivity index (χ1) is 9.63. The van der Waals surface area contributed by atoms with Crippen LogP contribution in [0.3, 0.4) is 0 Å². The van der Waals surface area contributed by atoms with Crippen molar-refractivity contribution in [2.45, 2.75) is 23.8 Å². The van der Waals surface area contributed by atoms with Crippen molar-refractivity contribution in [2.75, 3.05) is 6.26 Å². The van der Waals surface area contributed by atoms with Crippen molar-refractivity contribution in [3.05, 3.63) is 39.8 Å². The Labute approximate surface area is 124 Å². The van der Waals surface area contributed by atoms with Crippen molar-refractivity contribution in [3.63, 3.8) is 0 Å². The number of thiophene rings is 1. The second-order valence-electron chi connectivity index (χ2n) is 4.62. The van der Waals surface area contributed by atoms with Gasteiger partial charge in [0.15, 0.2) is 0 Å². The zero-order chi connectivity index (χ0) is 14.3. The molecule has 1 unspecified atom stereocenters. The molecule has 0 saturated heterocycles. The number of ketones is 1. The number of thioether (sulfide) groups is 1. The lowest BCUT2D eigenvalue weighted by molar-refractivity contribution is -0.138. The molecule has 0 aliphatic carbocycles. The summed E-state index contributed by atoms with van der Waals surface area (Å²) in [5.74, 6) is -1.32. The van der Waals surface area contributed by atoms with Crippen LogP contribution in [0.2, 0.25) is 0 Å². The maximum atomic E-state index is 12.6. The zero-order valence-electron chi connectivity index (χ0n) is 10.8. The quantitative estimate of drug-likeness (QED) is 0.696. The molecule has 4 nitrogen and oxygen atoms in total. The van der Waals surface area contributed by atoms with E-state index in [1.807, 2.05) is 28.3 Å². The molecule has 104 valence electrons. The highest BCUT2D eigenvalue weighted by Gasteiger charge is 2.34. The third-order valence-corrected chi connectivity index (χ3v) is 5.19. The highest BCUT2D eigenvalue weighted by molar-refractivity contribution is 7.98. The van der Waals surface area contributed by atoms with Crippen LogP contribution in [-0.4, -0.2) is 27.7 Å². The van der Waals surface area contributed by atoms with Crippen LogP contribution >= 0.6 is 23.1 Å². The van der Waals surface area contributed by atoms with E-state index < -0.39 is 11.9 Å². The van der Waals surface area contributed by atoms with Crippen molar-refractivity contribution < 1.29 is 14.7 Å². The molecular weight excluding hydrogens is 294 g/mol. The Morgan fingerprint density at radius 3 is 2.90 bits per heavy atom. The molecule has 1 atom stereocenters. The van der Waals surface area contributed by atoms with Crippen LogP contribution in [-0.2, 0) is 11.3 Å². The van der Waals surface area contributed by atoms with Crippen molar-refractivity contribution in [1.29, 1.82) is 0 Å². The smallest absolute Gasteiger partial charge is 0.312 e. The summed E-state index contributed by atoms with van der Waals surface area (Å²) in [6.45, 7) is 0.597. The third kappa shape index (κ3) is 1.99. The molecule has 3 heterocycles.